The lowest BCUT2D eigenvalue weighted by molar-refractivity contribution is 0.592. The summed E-state index contributed by atoms with van der Waals surface area (Å²) in [4.78, 5) is 4.27. The van der Waals surface area contributed by atoms with E-state index in [1.54, 1.807) is 11.3 Å². The summed E-state index contributed by atoms with van der Waals surface area (Å²) in [5.74, 6) is 0. The first-order chi connectivity index (χ1) is 7.70. The molecule has 0 saturated carbocycles. The van der Waals surface area contributed by atoms with Crippen LogP contribution in [-0.2, 0) is 6.42 Å². The molecule has 0 spiro atoms. The molecule has 0 aliphatic rings. The van der Waals surface area contributed by atoms with E-state index < -0.39 is 0 Å². The number of thiazole rings is 1. The molecule has 86 valence electrons. The molecule has 1 N–H and O–H groups in total. The van der Waals surface area contributed by atoms with E-state index in [9.17, 15) is 0 Å². The Labute approximate surface area is 112 Å². The number of nitrogens with one attached hydrogen (secondary N) is 1. The molecule has 0 aliphatic carbocycles. The summed E-state index contributed by atoms with van der Waals surface area (Å²) in [5.41, 5.74) is 1.05. The number of nitrogens with zero attached hydrogens (tertiary/aromatic N) is 1. The quantitative estimate of drug-likeness (QED) is 0.921. The number of halogens is 2. The molecule has 2 aromatic rings. The maximum atomic E-state index is 6.14. The normalized spacial score (nSPS) is 12.9. The number of aromatic nitrogens is 1. The van der Waals surface area contributed by atoms with Crippen LogP contribution in [0.1, 0.15) is 16.6 Å². The molecule has 2 aromatic heterocycles. The zero-order valence-electron chi connectivity index (χ0n) is 8.54. The Balaban J connectivity index is 2.19. The second kappa shape index (κ2) is 5.47. The van der Waals surface area contributed by atoms with Crippen molar-refractivity contribution < 1.29 is 0 Å². The molecule has 2 rings (SSSR count). The third kappa shape index (κ3) is 2.76. The Morgan fingerprint density at radius 1 is 1.50 bits per heavy atom. The highest BCUT2D eigenvalue weighted by molar-refractivity contribution is 7.20. The summed E-state index contributed by atoms with van der Waals surface area (Å²) in [6.07, 6.45) is 2.65. The topological polar surface area (TPSA) is 24.9 Å². The third-order valence-corrected chi connectivity index (χ3v) is 4.59. The maximum absolute atomic E-state index is 6.14. The van der Waals surface area contributed by atoms with E-state index in [0.717, 1.165) is 25.7 Å². The first-order valence-corrected chi connectivity index (χ1v) is 7.16. The lowest BCUT2D eigenvalue weighted by Gasteiger charge is -2.13. The standard InChI is InChI=1S/C10H10Cl2N2S2/c1-13-7(5-9-14-2-3-15-9)6-4-8(11)16-10(6)12/h2-4,7,13H,5H2,1H3. The summed E-state index contributed by atoms with van der Waals surface area (Å²) >= 11 is 15.1. The first kappa shape index (κ1) is 12.3. The Morgan fingerprint density at radius 3 is 2.81 bits per heavy atom. The highest BCUT2D eigenvalue weighted by Gasteiger charge is 2.17. The Morgan fingerprint density at radius 2 is 2.31 bits per heavy atom. The fourth-order valence-electron chi connectivity index (χ4n) is 1.49. The van der Waals surface area contributed by atoms with E-state index in [4.69, 9.17) is 23.2 Å². The third-order valence-electron chi connectivity index (χ3n) is 2.27. The van der Waals surface area contributed by atoms with Crippen LogP contribution in [0.3, 0.4) is 0 Å². The van der Waals surface area contributed by atoms with Gasteiger partial charge in [0.05, 0.1) is 13.7 Å². The van der Waals surface area contributed by atoms with Crippen molar-refractivity contribution in [1.82, 2.24) is 10.3 Å². The van der Waals surface area contributed by atoms with Gasteiger partial charge in [-0.25, -0.2) is 4.98 Å². The van der Waals surface area contributed by atoms with Crippen LogP contribution in [0.5, 0.6) is 0 Å². The van der Waals surface area contributed by atoms with Crippen LogP contribution in [0.15, 0.2) is 17.6 Å². The minimum Gasteiger partial charge on any atom is -0.313 e. The highest BCUT2D eigenvalue weighted by atomic mass is 35.5. The van der Waals surface area contributed by atoms with Crippen molar-refractivity contribution in [2.24, 2.45) is 0 Å². The summed E-state index contributed by atoms with van der Waals surface area (Å²) in [6.45, 7) is 0. The fraction of sp³-hybridized carbons (Fsp3) is 0.300. The zero-order chi connectivity index (χ0) is 11.5. The molecule has 0 saturated heterocycles. The molecule has 0 fully saturated rings. The van der Waals surface area contributed by atoms with Crippen molar-refractivity contribution in [3.8, 4) is 0 Å². The molecule has 0 bridgehead atoms. The van der Waals surface area contributed by atoms with Crippen molar-refractivity contribution in [3.63, 3.8) is 0 Å². The first-order valence-electron chi connectivity index (χ1n) is 4.71. The van der Waals surface area contributed by atoms with Gasteiger partial charge in [-0.15, -0.1) is 22.7 Å². The average molecular weight is 293 g/mol. The monoisotopic (exact) mass is 292 g/mol. The van der Waals surface area contributed by atoms with Crippen LogP contribution < -0.4 is 5.32 Å². The predicted molar refractivity (Wildman–Crippen MR) is 72.0 cm³/mol. The van der Waals surface area contributed by atoms with Crippen LogP contribution in [-0.4, -0.2) is 12.0 Å². The van der Waals surface area contributed by atoms with Crippen molar-refractivity contribution in [2.75, 3.05) is 7.05 Å². The summed E-state index contributed by atoms with van der Waals surface area (Å²) < 4.78 is 1.47. The predicted octanol–water partition coefficient (Wildman–Crippen LogP) is 4.01. The van der Waals surface area contributed by atoms with Gasteiger partial charge < -0.3 is 5.32 Å². The number of thiophene rings is 1. The van der Waals surface area contributed by atoms with Gasteiger partial charge in [-0.05, 0) is 13.1 Å². The largest absolute Gasteiger partial charge is 0.313 e. The average Bonchev–Trinajstić information content (AvgIpc) is 2.85. The van der Waals surface area contributed by atoms with Gasteiger partial charge >= 0.3 is 0 Å². The van der Waals surface area contributed by atoms with E-state index in [1.165, 1.54) is 11.3 Å². The lowest BCUT2D eigenvalue weighted by atomic mass is 10.1. The Hall–Kier alpha value is -0.130. The van der Waals surface area contributed by atoms with E-state index >= 15 is 0 Å². The number of hydrogen-bond donors (Lipinski definition) is 1. The summed E-state index contributed by atoms with van der Waals surface area (Å²) in [7, 11) is 1.92. The van der Waals surface area contributed by atoms with Gasteiger partial charge in [0.15, 0.2) is 0 Å². The minimum absolute atomic E-state index is 0.169. The highest BCUT2D eigenvalue weighted by Crippen LogP contribution is 2.36. The van der Waals surface area contributed by atoms with E-state index in [-0.39, 0.29) is 6.04 Å². The van der Waals surface area contributed by atoms with Crippen molar-refractivity contribution >= 4 is 45.9 Å². The molecule has 2 heterocycles. The molecular formula is C10H10Cl2N2S2. The minimum atomic E-state index is 0.169. The summed E-state index contributed by atoms with van der Waals surface area (Å²) in [5, 5.41) is 6.31. The van der Waals surface area contributed by atoms with Crippen molar-refractivity contribution in [2.45, 2.75) is 12.5 Å². The van der Waals surface area contributed by atoms with Gasteiger partial charge in [0.2, 0.25) is 0 Å². The molecule has 2 nitrogen and oxygen atoms in total. The maximum Gasteiger partial charge on any atom is 0.0992 e. The zero-order valence-corrected chi connectivity index (χ0v) is 11.7. The molecule has 0 amide bonds. The Kier molecular flexibility index (Phi) is 4.21. The fourth-order valence-corrected chi connectivity index (χ4v) is 3.73. The van der Waals surface area contributed by atoms with Gasteiger partial charge in [0.25, 0.3) is 0 Å². The molecule has 0 radical (unpaired) electrons. The van der Waals surface area contributed by atoms with Crippen LogP contribution in [0.4, 0.5) is 0 Å². The molecule has 1 atom stereocenters. The number of rotatable bonds is 4. The summed E-state index contributed by atoms with van der Waals surface area (Å²) in [6, 6.07) is 2.09. The van der Waals surface area contributed by atoms with Gasteiger partial charge in [0.1, 0.15) is 0 Å². The van der Waals surface area contributed by atoms with E-state index in [2.05, 4.69) is 10.3 Å². The smallest absolute Gasteiger partial charge is 0.0992 e. The molecule has 0 aromatic carbocycles. The number of likely N-dealkylation sites (N-methyl/N-ethyl adjacent to an activating group) is 1. The second-order valence-electron chi connectivity index (χ2n) is 3.25. The second-order valence-corrected chi connectivity index (χ2v) is 6.52. The van der Waals surface area contributed by atoms with Crippen LogP contribution in [0.25, 0.3) is 0 Å². The van der Waals surface area contributed by atoms with Crippen LogP contribution in [0, 0.1) is 0 Å². The van der Waals surface area contributed by atoms with Crippen LogP contribution >= 0.6 is 45.9 Å². The number of hydrogen-bond acceptors (Lipinski definition) is 4. The van der Waals surface area contributed by atoms with Gasteiger partial charge in [-0.1, -0.05) is 23.2 Å². The molecule has 0 aliphatic heterocycles. The van der Waals surface area contributed by atoms with Gasteiger partial charge in [-0.3, -0.25) is 0 Å². The molecule has 6 heteroatoms. The van der Waals surface area contributed by atoms with Crippen molar-refractivity contribution in [1.29, 1.82) is 0 Å². The Bertz CT molecular complexity index is 453. The van der Waals surface area contributed by atoms with Gasteiger partial charge in [0, 0.05) is 29.6 Å². The van der Waals surface area contributed by atoms with Gasteiger partial charge in [-0.2, -0.15) is 0 Å². The lowest BCUT2D eigenvalue weighted by Crippen LogP contribution is -2.18. The van der Waals surface area contributed by atoms with E-state index in [0.29, 0.717) is 0 Å². The van der Waals surface area contributed by atoms with Crippen molar-refractivity contribution in [3.05, 3.63) is 36.9 Å². The molecular weight excluding hydrogens is 283 g/mol. The molecule has 16 heavy (non-hydrogen) atoms. The van der Waals surface area contributed by atoms with E-state index in [1.807, 2.05) is 24.7 Å². The molecule has 1 unspecified atom stereocenters. The van der Waals surface area contributed by atoms with Crippen LogP contribution in [0.2, 0.25) is 8.67 Å². The SMILES string of the molecule is CNC(Cc1nccs1)c1cc(Cl)sc1Cl.